The number of ketones is 1. The Balaban J connectivity index is 2.35. The summed E-state index contributed by atoms with van der Waals surface area (Å²) in [4.78, 5) is 10.9. The lowest BCUT2D eigenvalue weighted by atomic mass is 10.1. The number of carbonyl (C=O) groups is 1. The van der Waals surface area contributed by atoms with E-state index in [1.165, 1.54) is 0 Å². The van der Waals surface area contributed by atoms with Gasteiger partial charge in [-0.3, -0.25) is 13.9 Å². The van der Waals surface area contributed by atoms with Crippen LogP contribution in [0.5, 0.6) is 5.75 Å². The van der Waals surface area contributed by atoms with E-state index in [-0.39, 0.29) is 12.6 Å². The number of Topliss-reactive ketones (excluding diaryl/α,β-unsaturated/α-hetero) is 1. The maximum absolute atomic E-state index is 11.0. The molecule has 0 aliphatic carbocycles. The van der Waals surface area contributed by atoms with Crippen molar-refractivity contribution in [1.29, 1.82) is 0 Å². The first kappa shape index (κ1) is 14.9. The van der Waals surface area contributed by atoms with E-state index in [1.54, 1.807) is 26.0 Å². The molecule has 0 spiro atoms. The van der Waals surface area contributed by atoms with E-state index in [2.05, 4.69) is 0 Å². The minimum absolute atomic E-state index is 0.113. The molecule has 0 radical (unpaired) electrons. The van der Waals surface area contributed by atoms with Gasteiger partial charge in [-0.15, -0.1) is 0 Å². The molecule has 0 N–H and O–H groups in total. The second-order valence-corrected chi connectivity index (χ2v) is 4.69. The third-order valence-electron chi connectivity index (χ3n) is 2.04. The van der Waals surface area contributed by atoms with Crippen LogP contribution in [0.15, 0.2) is 24.3 Å². The summed E-state index contributed by atoms with van der Waals surface area (Å²) >= 11 is 0. The molecule has 1 unspecified atom stereocenters. The number of benzene rings is 1. The Morgan fingerprint density at radius 2 is 1.89 bits per heavy atom. The number of hydrogen-bond acceptors (Lipinski definition) is 5. The molecule has 18 heavy (non-hydrogen) atoms. The van der Waals surface area contributed by atoms with Crippen molar-refractivity contribution in [2.24, 2.45) is 0 Å². The van der Waals surface area contributed by atoms with Crippen molar-refractivity contribution in [3.05, 3.63) is 29.8 Å². The predicted molar refractivity (Wildman–Crippen MR) is 68.0 cm³/mol. The van der Waals surface area contributed by atoms with E-state index in [9.17, 15) is 9.36 Å². The molecule has 100 valence electrons. The average Bonchev–Trinajstić information content (AvgIpc) is 2.31. The second kappa shape index (κ2) is 8.03. The summed E-state index contributed by atoms with van der Waals surface area (Å²) in [5.41, 5.74) is 0.929. The Hall–Kier alpha value is -1.16. The number of ether oxygens (including phenoxy) is 1. The summed E-state index contributed by atoms with van der Waals surface area (Å²) in [6.07, 6.45) is 0.412. The lowest BCUT2D eigenvalue weighted by Crippen LogP contribution is -2.00. The predicted octanol–water partition coefficient (Wildman–Crippen LogP) is 2.60. The summed E-state index contributed by atoms with van der Waals surface area (Å²) in [6, 6.07) is 7.09. The molecule has 1 aromatic rings. The highest BCUT2D eigenvalue weighted by Crippen LogP contribution is 2.23. The minimum Gasteiger partial charge on any atom is -0.467 e. The third-order valence-corrected chi connectivity index (χ3v) is 2.92. The Bertz CT molecular complexity index is 401. The summed E-state index contributed by atoms with van der Waals surface area (Å²) < 4.78 is 25.8. The molecule has 1 rings (SSSR count). The topological polar surface area (TPSA) is 61.8 Å². The zero-order valence-corrected chi connectivity index (χ0v) is 11.5. The van der Waals surface area contributed by atoms with Gasteiger partial charge >= 0.3 is 8.25 Å². The first-order chi connectivity index (χ1) is 8.61. The van der Waals surface area contributed by atoms with Crippen LogP contribution < -0.4 is 4.74 Å². The molecule has 0 aliphatic rings. The highest BCUT2D eigenvalue weighted by atomic mass is 31.1. The molecule has 0 aliphatic heterocycles. The zero-order chi connectivity index (χ0) is 13.4. The van der Waals surface area contributed by atoms with Crippen LogP contribution in [0.2, 0.25) is 0 Å². The van der Waals surface area contributed by atoms with Gasteiger partial charge in [0.25, 0.3) is 0 Å². The molecular weight excluding hydrogens is 255 g/mol. The van der Waals surface area contributed by atoms with Gasteiger partial charge in [0.2, 0.25) is 0 Å². The van der Waals surface area contributed by atoms with Crippen LogP contribution in [0.4, 0.5) is 0 Å². The number of hydrogen-bond donors (Lipinski definition) is 0. The normalized spacial score (nSPS) is 12.1. The summed E-state index contributed by atoms with van der Waals surface area (Å²) in [6.45, 7) is 3.51. The van der Waals surface area contributed by atoms with Gasteiger partial charge < -0.3 is 9.26 Å². The molecule has 5 nitrogen and oxygen atoms in total. The molecule has 1 atom stereocenters. The molecule has 0 heterocycles. The summed E-state index contributed by atoms with van der Waals surface area (Å²) in [5, 5.41) is 0. The smallest absolute Gasteiger partial charge is 0.322 e. The molecular formula is C12H17O5P. The van der Waals surface area contributed by atoms with E-state index in [1.807, 2.05) is 12.1 Å². The fourth-order valence-electron chi connectivity index (χ4n) is 1.30. The lowest BCUT2D eigenvalue weighted by molar-refractivity contribution is -0.116. The highest BCUT2D eigenvalue weighted by molar-refractivity contribution is 7.33. The highest BCUT2D eigenvalue weighted by Gasteiger charge is 2.00. The maximum atomic E-state index is 11.0. The first-order valence-corrected chi connectivity index (χ1v) is 6.85. The summed E-state index contributed by atoms with van der Waals surface area (Å²) in [7, 11) is -2.45. The SMILES string of the molecule is CCO[PH](=O)OCOc1ccc(CC(C)=O)cc1. The quantitative estimate of drug-likeness (QED) is 0.537. The van der Waals surface area contributed by atoms with Gasteiger partial charge in [-0.25, -0.2) is 0 Å². The van der Waals surface area contributed by atoms with Crippen LogP contribution in [-0.4, -0.2) is 19.2 Å². The second-order valence-electron chi connectivity index (χ2n) is 3.61. The Morgan fingerprint density at radius 1 is 1.22 bits per heavy atom. The van der Waals surface area contributed by atoms with Gasteiger partial charge in [0.05, 0.1) is 6.61 Å². The number of carbonyl (C=O) groups excluding carboxylic acids is 1. The van der Waals surface area contributed by atoms with E-state index < -0.39 is 8.25 Å². The van der Waals surface area contributed by atoms with Crippen molar-refractivity contribution in [3.8, 4) is 5.75 Å². The molecule has 6 heteroatoms. The Kier molecular flexibility index (Phi) is 6.65. The van der Waals surface area contributed by atoms with Crippen LogP contribution in [0.25, 0.3) is 0 Å². The maximum Gasteiger partial charge on any atom is 0.322 e. The summed E-state index contributed by atoms with van der Waals surface area (Å²) in [5.74, 6) is 0.705. The fourth-order valence-corrected chi connectivity index (χ4v) is 1.77. The van der Waals surface area contributed by atoms with Gasteiger partial charge in [0.15, 0.2) is 6.79 Å². The Morgan fingerprint density at radius 3 is 2.44 bits per heavy atom. The van der Waals surface area contributed by atoms with E-state index >= 15 is 0 Å². The van der Waals surface area contributed by atoms with E-state index in [4.69, 9.17) is 13.8 Å². The van der Waals surface area contributed by atoms with Crippen molar-refractivity contribution < 1.29 is 23.1 Å². The molecule has 0 aromatic heterocycles. The monoisotopic (exact) mass is 272 g/mol. The van der Waals surface area contributed by atoms with E-state index in [0.29, 0.717) is 18.8 Å². The van der Waals surface area contributed by atoms with Crippen LogP contribution in [0.3, 0.4) is 0 Å². The third kappa shape index (κ3) is 5.96. The van der Waals surface area contributed by atoms with Gasteiger partial charge in [-0.2, -0.15) is 0 Å². The van der Waals surface area contributed by atoms with Gasteiger partial charge in [0.1, 0.15) is 11.5 Å². The van der Waals surface area contributed by atoms with Gasteiger partial charge in [0, 0.05) is 6.42 Å². The average molecular weight is 272 g/mol. The molecule has 0 saturated carbocycles. The van der Waals surface area contributed by atoms with Crippen molar-refractivity contribution >= 4 is 14.0 Å². The first-order valence-electron chi connectivity index (χ1n) is 5.62. The van der Waals surface area contributed by atoms with Crippen LogP contribution in [0.1, 0.15) is 19.4 Å². The minimum atomic E-state index is -2.45. The number of rotatable bonds is 8. The van der Waals surface area contributed by atoms with Crippen molar-refractivity contribution in [2.45, 2.75) is 20.3 Å². The molecule has 0 bridgehead atoms. The van der Waals surface area contributed by atoms with Crippen molar-refractivity contribution in [3.63, 3.8) is 0 Å². The van der Waals surface area contributed by atoms with Crippen LogP contribution in [-0.2, 0) is 24.8 Å². The lowest BCUT2D eigenvalue weighted by Gasteiger charge is -2.07. The molecule has 0 saturated heterocycles. The van der Waals surface area contributed by atoms with Gasteiger partial charge in [-0.1, -0.05) is 12.1 Å². The van der Waals surface area contributed by atoms with E-state index in [0.717, 1.165) is 5.56 Å². The molecule has 1 aromatic carbocycles. The van der Waals surface area contributed by atoms with Crippen molar-refractivity contribution in [1.82, 2.24) is 0 Å². The fraction of sp³-hybridized carbons (Fsp3) is 0.417. The van der Waals surface area contributed by atoms with Crippen molar-refractivity contribution in [2.75, 3.05) is 13.4 Å². The zero-order valence-electron chi connectivity index (χ0n) is 10.5. The standard InChI is InChI=1S/C12H17O5P/c1-3-16-18(14)17-9-15-12-6-4-11(5-7-12)8-10(2)13/h4-7,18H,3,8-9H2,1-2H3. The largest absolute Gasteiger partial charge is 0.467 e. The van der Waals surface area contributed by atoms with Gasteiger partial charge in [-0.05, 0) is 31.5 Å². The Labute approximate surface area is 107 Å². The molecule has 0 fully saturated rings. The van der Waals surface area contributed by atoms with Crippen LogP contribution in [0, 0.1) is 0 Å². The van der Waals surface area contributed by atoms with Crippen LogP contribution >= 0.6 is 8.25 Å². The molecule has 0 amide bonds.